The van der Waals surface area contributed by atoms with E-state index in [1.54, 1.807) is 0 Å². The maximum Gasteiger partial charge on any atom is 0.345 e. The van der Waals surface area contributed by atoms with Crippen LogP contribution in [-0.4, -0.2) is 78.7 Å². The Hall–Kier alpha value is -3.22. The van der Waals surface area contributed by atoms with Gasteiger partial charge in [0, 0.05) is 0 Å². The second-order valence-electron chi connectivity index (χ2n) is 4.73. The van der Waals surface area contributed by atoms with Gasteiger partial charge in [0.25, 0.3) is 0 Å². The van der Waals surface area contributed by atoms with E-state index in [0.29, 0.717) is 0 Å². The van der Waals surface area contributed by atoms with Gasteiger partial charge in [-0.15, -0.1) is 0 Å². The van der Waals surface area contributed by atoms with Crippen molar-refractivity contribution in [2.45, 2.75) is 25.0 Å². The number of hydrogen-bond acceptors (Lipinski definition) is 8. The van der Waals surface area contributed by atoms with Crippen LogP contribution in [0.1, 0.15) is 12.8 Å². The fourth-order valence-corrected chi connectivity index (χ4v) is 1.70. The molecule has 0 fully saturated rings. The lowest BCUT2D eigenvalue weighted by Crippen LogP contribution is -2.44. The molecule has 6 N–H and O–H groups in total. The molecular weight excluding hydrogens is 352 g/mol. The van der Waals surface area contributed by atoms with Crippen molar-refractivity contribution in [1.82, 2.24) is 0 Å². The molecule has 0 aliphatic carbocycles. The molecule has 0 aromatic rings. The average Bonchev–Trinajstić information content (AvgIpc) is 2.46. The average molecular weight is 366 g/mol. The second kappa shape index (κ2) is 9.17. The van der Waals surface area contributed by atoms with Gasteiger partial charge >= 0.3 is 35.8 Å². The topological polar surface area (TPSA) is 233 Å². The number of hydrogen-bond donors (Lipinski definition) is 6. The standard InChI is InChI=1S/C12H14O13/c13-5(14)1-3(9(18)19)7(17)12(24)25-8(11(22)23)4(10(20)21)2-6(15)16/h3-4,7-8,17H,1-2H2,(H,13,14)(H,15,16)(H,18,19)(H,20,21)(H,22,23). The minimum absolute atomic E-state index is 1.21. The zero-order valence-corrected chi connectivity index (χ0v) is 12.3. The molecule has 13 nitrogen and oxygen atoms in total. The van der Waals surface area contributed by atoms with Crippen LogP contribution in [0.4, 0.5) is 0 Å². The van der Waals surface area contributed by atoms with E-state index in [1.165, 1.54) is 0 Å². The first-order valence-electron chi connectivity index (χ1n) is 6.39. The summed E-state index contributed by atoms with van der Waals surface area (Å²) in [5.74, 6) is -15.6. The van der Waals surface area contributed by atoms with E-state index in [0.717, 1.165) is 0 Å². The van der Waals surface area contributed by atoms with Gasteiger partial charge in [0.05, 0.1) is 12.8 Å². The SMILES string of the molecule is O=C(O)CC(C(=O)O)C(O)C(=O)OC(C(=O)O)C(CC(=O)O)C(=O)O. The summed E-state index contributed by atoms with van der Waals surface area (Å²) in [4.78, 5) is 65.7. The summed E-state index contributed by atoms with van der Waals surface area (Å²) in [6, 6.07) is 0. The molecule has 140 valence electrons. The molecule has 0 saturated carbocycles. The van der Waals surface area contributed by atoms with E-state index in [1.807, 2.05) is 0 Å². The van der Waals surface area contributed by atoms with Crippen LogP contribution >= 0.6 is 0 Å². The van der Waals surface area contributed by atoms with Crippen molar-refractivity contribution >= 4 is 35.8 Å². The fraction of sp³-hybridized carbons (Fsp3) is 0.500. The van der Waals surface area contributed by atoms with Crippen LogP contribution in [0.2, 0.25) is 0 Å². The molecular formula is C12H14O13. The van der Waals surface area contributed by atoms with E-state index < -0.39 is 72.7 Å². The Kier molecular flexibility index (Phi) is 7.99. The molecule has 25 heavy (non-hydrogen) atoms. The third-order valence-electron chi connectivity index (χ3n) is 2.90. The number of ether oxygens (including phenoxy) is 1. The highest BCUT2D eigenvalue weighted by Crippen LogP contribution is 2.18. The highest BCUT2D eigenvalue weighted by atomic mass is 16.6. The van der Waals surface area contributed by atoms with Gasteiger partial charge in [0.1, 0.15) is 11.8 Å². The minimum Gasteiger partial charge on any atom is -0.481 e. The maximum atomic E-state index is 11.7. The first kappa shape index (κ1) is 21.8. The Morgan fingerprint density at radius 1 is 0.680 bits per heavy atom. The van der Waals surface area contributed by atoms with Gasteiger partial charge in [-0.25, -0.2) is 9.59 Å². The lowest BCUT2D eigenvalue weighted by Gasteiger charge is -2.22. The molecule has 0 radical (unpaired) electrons. The predicted octanol–water partition coefficient (Wildman–Crippen LogP) is -2.31. The lowest BCUT2D eigenvalue weighted by atomic mass is 9.97. The largest absolute Gasteiger partial charge is 0.481 e. The number of aliphatic hydroxyl groups is 1. The highest BCUT2D eigenvalue weighted by Gasteiger charge is 2.42. The van der Waals surface area contributed by atoms with Crippen molar-refractivity contribution in [3.8, 4) is 0 Å². The number of aliphatic hydroxyl groups excluding tert-OH is 1. The summed E-state index contributed by atoms with van der Waals surface area (Å²) in [5, 5.41) is 53.2. The smallest absolute Gasteiger partial charge is 0.345 e. The summed E-state index contributed by atoms with van der Waals surface area (Å²) >= 11 is 0. The van der Waals surface area contributed by atoms with Crippen molar-refractivity contribution in [3.63, 3.8) is 0 Å². The number of carboxylic acids is 5. The molecule has 0 aliphatic rings. The van der Waals surface area contributed by atoms with Gasteiger partial charge < -0.3 is 35.4 Å². The number of carbonyl (C=O) groups is 6. The Morgan fingerprint density at radius 3 is 1.40 bits per heavy atom. The molecule has 0 aromatic carbocycles. The van der Waals surface area contributed by atoms with Gasteiger partial charge in [0.15, 0.2) is 6.10 Å². The number of esters is 1. The van der Waals surface area contributed by atoms with Gasteiger partial charge in [-0.3, -0.25) is 19.2 Å². The molecule has 0 rings (SSSR count). The third-order valence-corrected chi connectivity index (χ3v) is 2.90. The maximum absolute atomic E-state index is 11.7. The highest BCUT2D eigenvalue weighted by molar-refractivity contribution is 5.90. The van der Waals surface area contributed by atoms with Crippen molar-refractivity contribution in [3.05, 3.63) is 0 Å². The summed E-state index contributed by atoms with van der Waals surface area (Å²) in [7, 11) is 0. The molecule has 4 atom stereocenters. The van der Waals surface area contributed by atoms with Crippen LogP contribution in [0.25, 0.3) is 0 Å². The van der Waals surface area contributed by atoms with Gasteiger partial charge in [-0.05, 0) is 0 Å². The molecule has 0 amide bonds. The van der Waals surface area contributed by atoms with E-state index >= 15 is 0 Å². The molecule has 0 aliphatic heterocycles. The Labute approximate surface area is 138 Å². The van der Waals surface area contributed by atoms with Crippen molar-refractivity contribution in [1.29, 1.82) is 0 Å². The Bertz CT molecular complexity index is 580. The van der Waals surface area contributed by atoms with Crippen LogP contribution in [0.5, 0.6) is 0 Å². The van der Waals surface area contributed by atoms with Gasteiger partial charge in [0.2, 0.25) is 6.10 Å². The second-order valence-corrected chi connectivity index (χ2v) is 4.73. The quantitative estimate of drug-likeness (QED) is 0.211. The minimum atomic E-state index is -2.62. The van der Waals surface area contributed by atoms with E-state index in [2.05, 4.69) is 4.74 Å². The predicted molar refractivity (Wildman–Crippen MR) is 70.3 cm³/mol. The number of rotatable bonds is 11. The van der Waals surface area contributed by atoms with Crippen LogP contribution in [0.15, 0.2) is 0 Å². The summed E-state index contributed by atoms with van der Waals surface area (Å²) < 4.78 is 4.22. The van der Waals surface area contributed by atoms with E-state index in [9.17, 15) is 33.9 Å². The molecule has 0 heterocycles. The van der Waals surface area contributed by atoms with Crippen molar-refractivity contribution in [2.75, 3.05) is 0 Å². The van der Waals surface area contributed by atoms with Crippen LogP contribution in [-0.2, 0) is 33.5 Å². The normalized spacial score (nSPS) is 15.2. The number of carbonyl (C=O) groups excluding carboxylic acids is 1. The first-order chi connectivity index (χ1) is 11.4. The molecule has 0 aromatic heterocycles. The number of carboxylic acid groups (broad SMARTS) is 5. The summed E-state index contributed by atoms with van der Waals surface area (Å²) in [5.41, 5.74) is 0. The van der Waals surface area contributed by atoms with Gasteiger partial charge in [-0.2, -0.15) is 0 Å². The first-order valence-corrected chi connectivity index (χ1v) is 6.39. The van der Waals surface area contributed by atoms with Gasteiger partial charge in [-0.1, -0.05) is 0 Å². The fourth-order valence-electron chi connectivity index (χ4n) is 1.70. The zero-order chi connectivity index (χ0) is 19.9. The van der Waals surface area contributed by atoms with Crippen molar-refractivity contribution in [2.24, 2.45) is 11.8 Å². The Morgan fingerprint density at radius 2 is 1.08 bits per heavy atom. The number of aliphatic carboxylic acids is 5. The molecule has 0 bridgehead atoms. The van der Waals surface area contributed by atoms with Crippen molar-refractivity contribution < 1.29 is 64.1 Å². The molecule has 0 spiro atoms. The molecule has 4 unspecified atom stereocenters. The van der Waals surface area contributed by atoms with E-state index in [4.69, 9.17) is 25.5 Å². The molecule has 13 heteroatoms. The Balaban J connectivity index is 5.42. The van der Waals surface area contributed by atoms with Crippen LogP contribution in [0.3, 0.4) is 0 Å². The van der Waals surface area contributed by atoms with E-state index in [-0.39, 0.29) is 0 Å². The van der Waals surface area contributed by atoms with Crippen LogP contribution in [0, 0.1) is 11.8 Å². The molecule has 0 saturated heterocycles. The zero-order valence-electron chi connectivity index (χ0n) is 12.3. The lowest BCUT2D eigenvalue weighted by molar-refractivity contribution is -0.183. The summed E-state index contributed by atoms with van der Waals surface area (Å²) in [6.07, 6.45) is -7.61. The third kappa shape index (κ3) is 6.82. The summed E-state index contributed by atoms with van der Waals surface area (Å²) in [6.45, 7) is 0. The van der Waals surface area contributed by atoms with Crippen LogP contribution < -0.4 is 0 Å². The monoisotopic (exact) mass is 366 g/mol.